The fourth-order valence-corrected chi connectivity index (χ4v) is 3.71. The van der Waals surface area contributed by atoms with E-state index in [-0.39, 0.29) is 36.3 Å². The van der Waals surface area contributed by atoms with Crippen LogP contribution < -0.4 is 32.7 Å². The predicted octanol–water partition coefficient (Wildman–Crippen LogP) is -0.280. The number of rotatable bonds is 18. The third kappa shape index (κ3) is 13.6. The zero-order valence-corrected chi connectivity index (χ0v) is 22.3. The summed E-state index contributed by atoms with van der Waals surface area (Å²) in [7, 11) is 0. The van der Waals surface area contributed by atoms with Gasteiger partial charge in [0, 0.05) is 26.3 Å². The number of benzene rings is 1. The van der Waals surface area contributed by atoms with Gasteiger partial charge in [-0.3, -0.25) is 24.0 Å². The highest BCUT2D eigenvalue weighted by atomic mass is 16.3. The lowest BCUT2D eigenvalue weighted by molar-refractivity contribution is -0.131. The van der Waals surface area contributed by atoms with Crippen LogP contribution in [0.15, 0.2) is 24.3 Å². The van der Waals surface area contributed by atoms with Crippen LogP contribution in [0.2, 0.25) is 0 Å². The minimum Gasteiger partial charge on any atom is -0.508 e. The molecular formula is C26H42N6O6. The van der Waals surface area contributed by atoms with E-state index in [9.17, 15) is 29.1 Å². The molecule has 0 aliphatic rings. The summed E-state index contributed by atoms with van der Waals surface area (Å²) in [6.07, 6.45) is 4.16. The van der Waals surface area contributed by atoms with E-state index in [0.717, 1.165) is 12.0 Å². The van der Waals surface area contributed by atoms with Crippen molar-refractivity contribution < 1.29 is 29.1 Å². The van der Waals surface area contributed by atoms with Crippen molar-refractivity contribution in [1.82, 2.24) is 21.3 Å². The molecule has 0 saturated heterocycles. The standard InChI is InChI=1S/C26H42N6O6/c1-17(30-18(2)33)25(37)32-22(16-19-10-12-20(34)13-11-19)26(38)29-15-7-3-4-9-23(35)31-21(24(28)36)8-5-6-14-27/h10-13,17,21-22,34H,3-9,14-16,27H2,1-2H3,(H2,28,36)(H,29,38)(H,30,33)(H,31,35)(H,32,37). The number of nitrogens with two attached hydrogens (primary N) is 2. The van der Waals surface area contributed by atoms with Gasteiger partial charge in [-0.05, 0) is 63.3 Å². The Bertz CT molecular complexity index is 923. The Morgan fingerprint density at radius 2 is 1.55 bits per heavy atom. The first kappa shape index (κ1) is 32.4. The van der Waals surface area contributed by atoms with Crippen molar-refractivity contribution in [2.45, 2.75) is 83.3 Å². The summed E-state index contributed by atoms with van der Waals surface area (Å²) in [6.45, 7) is 3.67. The van der Waals surface area contributed by atoms with Crippen LogP contribution in [0.25, 0.3) is 0 Å². The van der Waals surface area contributed by atoms with Crippen molar-refractivity contribution in [3.8, 4) is 5.75 Å². The minimum absolute atomic E-state index is 0.0866. The SMILES string of the molecule is CC(=O)NC(C)C(=O)NC(Cc1ccc(O)cc1)C(=O)NCCCCCC(=O)NC(CCCCN)C(N)=O. The van der Waals surface area contributed by atoms with Crippen molar-refractivity contribution in [2.75, 3.05) is 13.1 Å². The molecule has 38 heavy (non-hydrogen) atoms. The summed E-state index contributed by atoms with van der Waals surface area (Å²) in [6, 6.07) is 3.89. The summed E-state index contributed by atoms with van der Waals surface area (Å²) in [4.78, 5) is 60.3. The summed E-state index contributed by atoms with van der Waals surface area (Å²) < 4.78 is 0. The van der Waals surface area contributed by atoms with E-state index < -0.39 is 29.9 Å². The summed E-state index contributed by atoms with van der Waals surface area (Å²) in [5.74, 6) is -1.99. The van der Waals surface area contributed by atoms with Gasteiger partial charge in [0.2, 0.25) is 29.5 Å². The molecule has 0 fully saturated rings. The fraction of sp³-hybridized carbons (Fsp3) is 0.577. The lowest BCUT2D eigenvalue weighted by Crippen LogP contribution is -2.53. The van der Waals surface area contributed by atoms with E-state index >= 15 is 0 Å². The van der Waals surface area contributed by atoms with Gasteiger partial charge in [0.1, 0.15) is 23.9 Å². The highest BCUT2D eigenvalue weighted by Gasteiger charge is 2.24. The molecule has 0 bridgehead atoms. The first-order valence-corrected chi connectivity index (χ1v) is 12.9. The van der Waals surface area contributed by atoms with Crippen LogP contribution in [0, 0.1) is 0 Å². The molecule has 0 radical (unpaired) electrons. The predicted molar refractivity (Wildman–Crippen MR) is 143 cm³/mol. The van der Waals surface area contributed by atoms with Gasteiger partial charge in [0.05, 0.1) is 0 Å². The van der Waals surface area contributed by atoms with E-state index in [1.54, 1.807) is 12.1 Å². The second-order valence-corrected chi connectivity index (χ2v) is 9.26. The molecule has 0 saturated carbocycles. The monoisotopic (exact) mass is 534 g/mol. The molecule has 0 heterocycles. The van der Waals surface area contributed by atoms with E-state index in [4.69, 9.17) is 11.5 Å². The first-order chi connectivity index (χ1) is 18.0. The van der Waals surface area contributed by atoms with Gasteiger partial charge in [-0.25, -0.2) is 0 Å². The maximum Gasteiger partial charge on any atom is 0.242 e. The summed E-state index contributed by atoms with van der Waals surface area (Å²) in [5, 5.41) is 20.1. The van der Waals surface area contributed by atoms with Crippen molar-refractivity contribution in [3.05, 3.63) is 29.8 Å². The van der Waals surface area contributed by atoms with Crippen molar-refractivity contribution >= 4 is 29.5 Å². The Labute approximate surface area is 223 Å². The zero-order valence-electron chi connectivity index (χ0n) is 22.3. The van der Waals surface area contributed by atoms with Gasteiger partial charge in [-0.1, -0.05) is 18.6 Å². The number of phenolic OH excluding ortho intramolecular Hbond substituents is 1. The number of carbonyl (C=O) groups excluding carboxylic acids is 5. The van der Waals surface area contributed by atoms with Gasteiger partial charge in [-0.15, -0.1) is 0 Å². The molecule has 1 aromatic rings. The van der Waals surface area contributed by atoms with Crippen LogP contribution in [0.5, 0.6) is 5.75 Å². The number of phenols is 1. The molecule has 0 spiro atoms. The third-order valence-electron chi connectivity index (χ3n) is 5.83. The highest BCUT2D eigenvalue weighted by molar-refractivity contribution is 5.91. The van der Waals surface area contributed by atoms with Crippen LogP contribution in [-0.2, 0) is 30.4 Å². The van der Waals surface area contributed by atoms with Crippen molar-refractivity contribution in [3.63, 3.8) is 0 Å². The van der Waals surface area contributed by atoms with E-state index in [1.165, 1.54) is 26.0 Å². The van der Waals surface area contributed by atoms with Gasteiger partial charge in [-0.2, -0.15) is 0 Å². The van der Waals surface area contributed by atoms with Crippen LogP contribution >= 0.6 is 0 Å². The van der Waals surface area contributed by atoms with E-state index in [2.05, 4.69) is 21.3 Å². The number of hydrogen-bond acceptors (Lipinski definition) is 7. The highest BCUT2D eigenvalue weighted by Crippen LogP contribution is 2.12. The molecule has 5 amide bonds. The van der Waals surface area contributed by atoms with Gasteiger partial charge < -0.3 is 37.8 Å². The average Bonchev–Trinajstić information content (AvgIpc) is 2.85. The number of primary amides is 1. The number of unbranched alkanes of at least 4 members (excludes halogenated alkanes) is 3. The number of hydrogen-bond donors (Lipinski definition) is 7. The molecule has 1 aromatic carbocycles. The smallest absolute Gasteiger partial charge is 0.242 e. The second kappa shape index (κ2) is 17.7. The van der Waals surface area contributed by atoms with Crippen LogP contribution in [0.3, 0.4) is 0 Å². The molecule has 3 atom stereocenters. The molecule has 12 nitrogen and oxygen atoms in total. The maximum absolute atomic E-state index is 12.9. The Morgan fingerprint density at radius 1 is 0.868 bits per heavy atom. The third-order valence-corrected chi connectivity index (χ3v) is 5.83. The molecule has 12 heteroatoms. The number of amides is 5. The molecule has 1 rings (SSSR count). The maximum atomic E-state index is 12.9. The lowest BCUT2D eigenvalue weighted by atomic mass is 10.0. The Balaban J connectivity index is 2.51. The van der Waals surface area contributed by atoms with E-state index in [1.807, 2.05) is 0 Å². The molecule has 0 aromatic heterocycles. The quantitative estimate of drug-likeness (QED) is 0.125. The summed E-state index contributed by atoms with van der Waals surface area (Å²) in [5.41, 5.74) is 11.5. The van der Waals surface area contributed by atoms with E-state index in [0.29, 0.717) is 45.2 Å². The largest absolute Gasteiger partial charge is 0.508 e. The van der Waals surface area contributed by atoms with Crippen molar-refractivity contribution in [1.29, 1.82) is 0 Å². The average molecular weight is 535 g/mol. The van der Waals surface area contributed by atoms with Gasteiger partial charge in [0.15, 0.2) is 0 Å². The van der Waals surface area contributed by atoms with Crippen LogP contribution in [0.1, 0.15) is 64.4 Å². The number of carbonyl (C=O) groups is 5. The molecule has 0 aliphatic heterocycles. The normalized spacial score (nSPS) is 13.0. The molecule has 3 unspecified atom stereocenters. The number of nitrogens with one attached hydrogen (secondary N) is 4. The topological polar surface area (TPSA) is 206 Å². The summed E-state index contributed by atoms with van der Waals surface area (Å²) >= 11 is 0. The number of aromatic hydroxyl groups is 1. The van der Waals surface area contributed by atoms with Gasteiger partial charge >= 0.3 is 0 Å². The first-order valence-electron chi connectivity index (χ1n) is 12.9. The molecule has 212 valence electrons. The zero-order chi connectivity index (χ0) is 28.5. The van der Waals surface area contributed by atoms with Crippen LogP contribution in [0.4, 0.5) is 0 Å². The molecular weight excluding hydrogens is 492 g/mol. The Kier molecular flexibility index (Phi) is 15.1. The fourth-order valence-electron chi connectivity index (χ4n) is 3.71. The second-order valence-electron chi connectivity index (χ2n) is 9.26. The Hall–Kier alpha value is -3.67. The van der Waals surface area contributed by atoms with Crippen molar-refractivity contribution in [2.24, 2.45) is 11.5 Å². The lowest BCUT2D eigenvalue weighted by Gasteiger charge is -2.21. The van der Waals surface area contributed by atoms with Crippen LogP contribution in [-0.4, -0.2) is 65.9 Å². The molecule has 9 N–H and O–H groups in total. The Morgan fingerprint density at radius 3 is 2.16 bits per heavy atom. The molecule has 0 aliphatic carbocycles. The van der Waals surface area contributed by atoms with Gasteiger partial charge in [0.25, 0.3) is 0 Å². The minimum atomic E-state index is -0.890.